The van der Waals surface area contributed by atoms with E-state index in [1.54, 1.807) is 17.8 Å². The maximum Gasteiger partial charge on any atom is 0.198 e. The van der Waals surface area contributed by atoms with Crippen molar-refractivity contribution in [1.82, 2.24) is 4.90 Å². The van der Waals surface area contributed by atoms with Crippen molar-refractivity contribution in [3.63, 3.8) is 0 Å². The van der Waals surface area contributed by atoms with Crippen molar-refractivity contribution in [2.24, 2.45) is 0 Å². The molecule has 2 nitrogen and oxygen atoms in total. The maximum absolute atomic E-state index is 12.4. The van der Waals surface area contributed by atoms with Crippen LogP contribution < -0.4 is 0 Å². The van der Waals surface area contributed by atoms with E-state index in [9.17, 15) is 4.79 Å². The molecule has 0 radical (unpaired) electrons. The number of allylic oxidation sites excluding steroid dienone is 3. The van der Waals surface area contributed by atoms with E-state index in [2.05, 4.69) is 25.7 Å². The van der Waals surface area contributed by atoms with Crippen molar-refractivity contribution in [3.05, 3.63) is 43.6 Å². The van der Waals surface area contributed by atoms with Crippen molar-refractivity contribution in [2.75, 3.05) is 6.54 Å². The Balaban J connectivity index is 2.21. The summed E-state index contributed by atoms with van der Waals surface area (Å²) < 4.78 is 0. The van der Waals surface area contributed by atoms with Gasteiger partial charge in [0.05, 0.1) is 9.91 Å². The topological polar surface area (TPSA) is 20.3 Å². The smallest absolute Gasteiger partial charge is 0.198 e. The Morgan fingerprint density at radius 3 is 2.70 bits per heavy atom. The Hall–Kier alpha value is -1.00. The van der Waals surface area contributed by atoms with Crippen LogP contribution in [0.4, 0.5) is 0 Å². The number of thioether (sulfide) groups is 1. The summed E-state index contributed by atoms with van der Waals surface area (Å²) in [6, 6.07) is 2.00. The lowest BCUT2D eigenvalue weighted by Gasteiger charge is -2.21. The van der Waals surface area contributed by atoms with Crippen molar-refractivity contribution in [1.29, 1.82) is 0 Å². The zero-order valence-electron chi connectivity index (χ0n) is 12.5. The molecule has 1 aliphatic heterocycles. The third-order valence-electron chi connectivity index (χ3n) is 3.51. The summed E-state index contributed by atoms with van der Waals surface area (Å²) in [5.74, 6) is 0.129. The lowest BCUT2D eigenvalue weighted by molar-refractivity contribution is 0.104. The van der Waals surface area contributed by atoms with Gasteiger partial charge < -0.3 is 4.90 Å². The number of rotatable bonds is 5. The van der Waals surface area contributed by atoms with E-state index >= 15 is 0 Å². The zero-order valence-corrected chi connectivity index (χ0v) is 14.2. The van der Waals surface area contributed by atoms with Crippen LogP contribution in [-0.4, -0.2) is 17.2 Å². The van der Waals surface area contributed by atoms with Gasteiger partial charge in [0.1, 0.15) is 0 Å². The van der Waals surface area contributed by atoms with Crippen LogP contribution in [0.2, 0.25) is 0 Å². The van der Waals surface area contributed by atoms with E-state index in [1.807, 2.05) is 18.4 Å². The van der Waals surface area contributed by atoms with Gasteiger partial charge in [0.2, 0.25) is 0 Å². The molecule has 0 fully saturated rings. The zero-order chi connectivity index (χ0) is 14.7. The lowest BCUT2D eigenvalue weighted by Crippen LogP contribution is -2.18. The Bertz CT molecular complexity index is 569. The molecule has 0 bridgehead atoms. The molecule has 0 saturated heterocycles. The number of carbonyl (C=O) groups is 1. The lowest BCUT2D eigenvalue weighted by atomic mass is 10.2. The fourth-order valence-corrected chi connectivity index (χ4v) is 4.06. The molecule has 108 valence electrons. The standard InChI is InChI=1S/C16H21NOS2/c1-5-6-8-17-12(3)13(4)20-15(17)10-14(18)16-11(2)7-9-19-16/h7,9-10H,5-6,8H2,1-4H3/b15-10-. The summed E-state index contributed by atoms with van der Waals surface area (Å²) in [6.45, 7) is 9.45. The van der Waals surface area contributed by atoms with Crippen LogP contribution in [0.3, 0.4) is 0 Å². The molecular weight excluding hydrogens is 286 g/mol. The van der Waals surface area contributed by atoms with E-state index in [0.29, 0.717) is 0 Å². The molecule has 0 aliphatic carbocycles. The molecule has 0 atom stereocenters. The minimum Gasteiger partial charge on any atom is -0.339 e. The van der Waals surface area contributed by atoms with Crippen molar-refractivity contribution in [2.45, 2.75) is 40.5 Å². The molecule has 1 aromatic heterocycles. The first kappa shape index (κ1) is 15.4. The highest BCUT2D eigenvalue weighted by Gasteiger charge is 2.23. The second-order valence-corrected chi connectivity index (χ2v) is 7.18. The van der Waals surface area contributed by atoms with E-state index in [0.717, 1.165) is 28.4 Å². The number of carbonyl (C=O) groups excluding carboxylic acids is 1. The first-order chi connectivity index (χ1) is 9.54. The number of hydrogen-bond donors (Lipinski definition) is 0. The van der Waals surface area contributed by atoms with Crippen molar-refractivity contribution < 1.29 is 4.79 Å². The molecule has 20 heavy (non-hydrogen) atoms. The summed E-state index contributed by atoms with van der Waals surface area (Å²) in [5, 5.41) is 3.05. The highest BCUT2D eigenvalue weighted by molar-refractivity contribution is 8.06. The molecule has 0 amide bonds. The molecule has 2 rings (SSSR count). The Labute approximate surface area is 129 Å². The summed E-state index contributed by atoms with van der Waals surface area (Å²) in [4.78, 5) is 16.8. The summed E-state index contributed by atoms with van der Waals surface area (Å²) in [5.41, 5.74) is 2.35. The predicted molar refractivity (Wildman–Crippen MR) is 89.0 cm³/mol. The number of aryl methyl sites for hydroxylation is 1. The Morgan fingerprint density at radius 1 is 1.35 bits per heavy atom. The van der Waals surface area contributed by atoms with Crippen LogP contribution in [0.1, 0.15) is 48.8 Å². The van der Waals surface area contributed by atoms with E-state index in [1.165, 1.54) is 28.4 Å². The van der Waals surface area contributed by atoms with Gasteiger partial charge in [0.25, 0.3) is 0 Å². The number of hydrogen-bond acceptors (Lipinski definition) is 4. The average Bonchev–Trinajstić information content (AvgIpc) is 2.94. The summed E-state index contributed by atoms with van der Waals surface area (Å²) in [7, 11) is 0. The van der Waals surface area contributed by atoms with Crippen LogP contribution in [0.15, 0.2) is 33.2 Å². The van der Waals surface area contributed by atoms with E-state index < -0.39 is 0 Å². The van der Waals surface area contributed by atoms with Crippen LogP contribution in [0.5, 0.6) is 0 Å². The second kappa shape index (κ2) is 6.64. The molecule has 1 aromatic rings. The van der Waals surface area contributed by atoms with Gasteiger partial charge in [-0.2, -0.15) is 0 Å². The SMILES string of the molecule is CCCCN1C(C)=C(C)S/C1=C\C(=O)c1sccc1C. The molecule has 0 unspecified atom stereocenters. The normalized spacial score (nSPS) is 17.4. The second-order valence-electron chi connectivity index (χ2n) is 5.03. The van der Waals surface area contributed by atoms with Crippen molar-refractivity contribution >= 4 is 28.9 Å². The number of unbranched alkanes of at least 4 members (excludes halogenated alkanes) is 1. The number of thiophene rings is 1. The largest absolute Gasteiger partial charge is 0.339 e. The maximum atomic E-state index is 12.4. The first-order valence-corrected chi connectivity index (χ1v) is 8.67. The highest BCUT2D eigenvalue weighted by Crippen LogP contribution is 2.41. The van der Waals surface area contributed by atoms with Crippen LogP contribution in [-0.2, 0) is 0 Å². The molecule has 2 heterocycles. The average molecular weight is 307 g/mol. The van der Waals surface area contributed by atoms with Gasteiger partial charge in [-0.25, -0.2) is 0 Å². The van der Waals surface area contributed by atoms with Gasteiger partial charge >= 0.3 is 0 Å². The fraction of sp³-hybridized carbons (Fsp3) is 0.438. The van der Waals surface area contributed by atoms with Crippen LogP contribution in [0, 0.1) is 6.92 Å². The first-order valence-electron chi connectivity index (χ1n) is 6.97. The number of nitrogens with zero attached hydrogens (tertiary/aromatic N) is 1. The molecule has 0 aromatic carbocycles. The summed E-state index contributed by atoms with van der Waals surface area (Å²) >= 11 is 3.24. The minimum atomic E-state index is 0.129. The van der Waals surface area contributed by atoms with E-state index in [-0.39, 0.29) is 5.78 Å². The van der Waals surface area contributed by atoms with Crippen LogP contribution >= 0.6 is 23.1 Å². The van der Waals surface area contributed by atoms with Crippen molar-refractivity contribution in [3.8, 4) is 0 Å². The van der Waals surface area contributed by atoms with Gasteiger partial charge in [-0.1, -0.05) is 25.1 Å². The minimum absolute atomic E-state index is 0.129. The summed E-state index contributed by atoms with van der Waals surface area (Å²) in [6.07, 6.45) is 4.12. The van der Waals surface area contributed by atoms with Gasteiger partial charge in [-0.05, 0) is 44.2 Å². The number of ketones is 1. The Morgan fingerprint density at radius 2 is 2.10 bits per heavy atom. The van der Waals surface area contributed by atoms with Gasteiger partial charge in [-0.15, -0.1) is 11.3 Å². The van der Waals surface area contributed by atoms with E-state index in [4.69, 9.17) is 0 Å². The molecule has 1 aliphatic rings. The van der Waals surface area contributed by atoms with Gasteiger partial charge in [-0.3, -0.25) is 4.79 Å². The van der Waals surface area contributed by atoms with Gasteiger partial charge in [0, 0.05) is 23.2 Å². The highest BCUT2D eigenvalue weighted by atomic mass is 32.2. The molecule has 0 N–H and O–H groups in total. The monoisotopic (exact) mass is 307 g/mol. The fourth-order valence-electron chi connectivity index (χ4n) is 2.15. The third kappa shape index (κ3) is 3.18. The quantitative estimate of drug-likeness (QED) is 0.552. The van der Waals surface area contributed by atoms with Crippen LogP contribution in [0.25, 0.3) is 0 Å². The Kier molecular flexibility index (Phi) is 5.11. The molecule has 4 heteroatoms. The van der Waals surface area contributed by atoms with Gasteiger partial charge in [0.15, 0.2) is 5.78 Å². The molecule has 0 saturated carbocycles. The molecular formula is C16H21NOS2. The third-order valence-corrected chi connectivity index (χ3v) is 5.69. The predicted octanol–water partition coefficient (Wildman–Crippen LogP) is 5.18. The molecule has 0 spiro atoms.